The Labute approximate surface area is 209 Å². The van der Waals surface area contributed by atoms with Gasteiger partial charge in [0.1, 0.15) is 11.7 Å². The summed E-state index contributed by atoms with van der Waals surface area (Å²) < 4.78 is 2.01. The van der Waals surface area contributed by atoms with Crippen molar-refractivity contribution in [2.45, 2.75) is 44.6 Å². The number of nitrogens with zero attached hydrogens (tertiary/aromatic N) is 4. The molecule has 0 bridgehead atoms. The summed E-state index contributed by atoms with van der Waals surface area (Å²) in [5.74, 6) is -0.479. The van der Waals surface area contributed by atoms with Gasteiger partial charge in [-0.25, -0.2) is 9.78 Å². The van der Waals surface area contributed by atoms with Gasteiger partial charge >= 0.3 is 6.09 Å². The van der Waals surface area contributed by atoms with Gasteiger partial charge in [0, 0.05) is 49.6 Å². The van der Waals surface area contributed by atoms with Crippen LogP contribution in [-0.4, -0.2) is 75.1 Å². The highest BCUT2D eigenvalue weighted by Gasteiger charge is 2.45. The van der Waals surface area contributed by atoms with Crippen LogP contribution < -0.4 is 5.32 Å². The number of hydrogen-bond donors (Lipinski definition) is 2. The van der Waals surface area contributed by atoms with Gasteiger partial charge in [-0.2, -0.15) is 0 Å². The van der Waals surface area contributed by atoms with Crippen molar-refractivity contribution in [3.63, 3.8) is 0 Å². The van der Waals surface area contributed by atoms with Crippen LogP contribution in [0.2, 0.25) is 0 Å². The second-order valence-corrected chi connectivity index (χ2v) is 10.6. The van der Waals surface area contributed by atoms with Crippen molar-refractivity contribution in [1.82, 2.24) is 24.7 Å². The number of imide groups is 1. The number of piperidine rings is 2. The summed E-state index contributed by atoms with van der Waals surface area (Å²) in [5, 5.41) is 13.9. The summed E-state index contributed by atoms with van der Waals surface area (Å²) in [5.41, 5.74) is 3.30. The molecule has 5 heterocycles. The number of benzene rings is 1. The molecule has 3 fully saturated rings. The monoisotopic (exact) mass is 489 g/mol. The molecule has 0 aliphatic carbocycles. The molecule has 188 valence electrons. The number of hydrogen-bond acceptors (Lipinski definition) is 5. The van der Waals surface area contributed by atoms with E-state index in [0.29, 0.717) is 31.3 Å². The standard InChI is InChI=1S/C27H31N5O4/c33-22-8-7-21(25(34)29-22)32-20-6-2-1-5-19(20)23-18(9-12-28-24(23)32)4-3-13-30-16-27(17-30)10-14-31(15-11-27)26(35)36/h1-2,5-6,9,12,21H,3-4,7-8,10-11,13-17H2,(H,35,36)(H,29,33,34). The molecule has 3 aromatic rings. The SMILES string of the molecule is O=C1CCC(n2c3ccccc3c3c(CCCN4CC5(CCN(C(=O)O)CC5)C4)ccnc32)C(=O)N1. The van der Waals surface area contributed by atoms with Crippen LogP contribution in [0.1, 0.15) is 43.7 Å². The summed E-state index contributed by atoms with van der Waals surface area (Å²) >= 11 is 0. The molecular formula is C27H31N5O4. The van der Waals surface area contributed by atoms with Crippen LogP contribution in [0.25, 0.3) is 21.9 Å². The van der Waals surface area contributed by atoms with Crippen molar-refractivity contribution in [2.24, 2.45) is 5.41 Å². The fourth-order valence-electron chi connectivity index (χ4n) is 6.47. The summed E-state index contributed by atoms with van der Waals surface area (Å²) in [7, 11) is 0. The van der Waals surface area contributed by atoms with Gasteiger partial charge < -0.3 is 19.5 Å². The number of carboxylic acid groups (broad SMARTS) is 1. The van der Waals surface area contributed by atoms with Crippen molar-refractivity contribution in [1.29, 1.82) is 0 Å². The lowest BCUT2D eigenvalue weighted by Crippen LogP contribution is -2.60. The molecule has 3 saturated heterocycles. The molecule has 3 aliphatic rings. The van der Waals surface area contributed by atoms with Crippen LogP contribution in [0, 0.1) is 5.41 Å². The number of nitrogens with one attached hydrogen (secondary N) is 1. The second-order valence-electron chi connectivity index (χ2n) is 10.6. The van der Waals surface area contributed by atoms with Crippen LogP contribution >= 0.6 is 0 Å². The van der Waals surface area contributed by atoms with Crippen molar-refractivity contribution in [3.05, 3.63) is 42.1 Å². The predicted octanol–water partition coefficient (Wildman–Crippen LogP) is 3.18. The Morgan fingerprint density at radius 3 is 2.67 bits per heavy atom. The van der Waals surface area contributed by atoms with Crippen LogP contribution in [0.5, 0.6) is 0 Å². The first kappa shape index (κ1) is 23.0. The van der Waals surface area contributed by atoms with E-state index in [4.69, 9.17) is 4.98 Å². The fraction of sp³-hybridized carbons (Fsp3) is 0.481. The van der Waals surface area contributed by atoms with Crippen molar-refractivity contribution in [2.75, 3.05) is 32.7 Å². The average molecular weight is 490 g/mol. The maximum atomic E-state index is 12.7. The Morgan fingerprint density at radius 1 is 1.14 bits per heavy atom. The Morgan fingerprint density at radius 2 is 1.92 bits per heavy atom. The quantitative estimate of drug-likeness (QED) is 0.533. The van der Waals surface area contributed by atoms with E-state index in [2.05, 4.69) is 22.3 Å². The van der Waals surface area contributed by atoms with Crippen molar-refractivity contribution >= 4 is 39.8 Å². The highest BCUT2D eigenvalue weighted by Crippen LogP contribution is 2.41. The lowest BCUT2D eigenvalue weighted by molar-refractivity contribution is -0.135. The topological polar surface area (TPSA) is 108 Å². The molecule has 2 N–H and O–H groups in total. The summed E-state index contributed by atoms with van der Waals surface area (Å²) in [4.78, 5) is 44.4. The normalized spacial score (nSPS) is 22.2. The van der Waals surface area contributed by atoms with E-state index in [1.165, 1.54) is 10.5 Å². The summed E-state index contributed by atoms with van der Waals surface area (Å²) in [6, 6.07) is 9.75. The lowest BCUT2D eigenvalue weighted by atomic mass is 9.72. The molecule has 6 rings (SSSR count). The van der Waals surface area contributed by atoms with Gasteiger partial charge in [-0.05, 0) is 61.8 Å². The van der Waals surface area contributed by atoms with Gasteiger partial charge in [0.2, 0.25) is 11.8 Å². The molecule has 9 heteroatoms. The van der Waals surface area contributed by atoms with Crippen LogP contribution in [-0.2, 0) is 16.0 Å². The molecule has 1 unspecified atom stereocenters. The van der Waals surface area contributed by atoms with Crippen LogP contribution in [0.4, 0.5) is 4.79 Å². The number of amides is 3. The van der Waals surface area contributed by atoms with Gasteiger partial charge in [0.25, 0.3) is 0 Å². The number of aromatic nitrogens is 2. The summed E-state index contributed by atoms with van der Waals surface area (Å²) in [6.45, 7) is 4.42. The zero-order valence-electron chi connectivity index (χ0n) is 20.3. The number of fused-ring (bicyclic) bond motifs is 3. The minimum atomic E-state index is -0.802. The van der Waals surface area contributed by atoms with Crippen LogP contribution in [0.15, 0.2) is 36.5 Å². The van der Waals surface area contributed by atoms with E-state index in [1.54, 1.807) is 0 Å². The Hall–Kier alpha value is -3.46. The molecule has 2 aromatic heterocycles. The first-order valence-corrected chi connectivity index (χ1v) is 12.8. The molecular weight excluding hydrogens is 458 g/mol. The number of aryl methyl sites for hydroxylation is 1. The zero-order chi connectivity index (χ0) is 24.9. The van der Waals surface area contributed by atoms with E-state index in [9.17, 15) is 19.5 Å². The van der Waals surface area contributed by atoms with Gasteiger partial charge in [0.05, 0.1) is 5.52 Å². The van der Waals surface area contributed by atoms with Crippen LogP contribution in [0.3, 0.4) is 0 Å². The average Bonchev–Trinajstić information content (AvgIpc) is 3.18. The lowest BCUT2D eigenvalue weighted by Gasteiger charge is -2.54. The number of rotatable bonds is 5. The number of likely N-dealkylation sites (tertiary alicyclic amines) is 2. The number of carbonyl (C=O) groups excluding carboxylic acids is 2. The van der Waals surface area contributed by atoms with E-state index in [-0.39, 0.29) is 11.8 Å². The minimum absolute atomic E-state index is 0.217. The molecule has 1 atom stereocenters. The van der Waals surface area contributed by atoms with E-state index < -0.39 is 12.1 Å². The summed E-state index contributed by atoms with van der Waals surface area (Å²) in [6.07, 6.45) is 5.69. The maximum Gasteiger partial charge on any atom is 0.407 e. The molecule has 36 heavy (non-hydrogen) atoms. The third-order valence-corrected chi connectivity index (χ3v) is 8.33. The first-order chi connectivity index (χ1) is 17.4. The predicted molar refractivity (Wildman–Crippen MR) is 135 cm³/mol. The van der Waals surface area contributed by atoms with Gasteiger partial charge in [-0.15, -0.1) is 0 Å². The maximum absolute atomic E-state index is 12.7. The first-order valence-electron chi connectivity index (χ1n) is 12.8. The van der Waals surface area contributed by atoms with E-state index in [1.807, 2.05) is 29.0 Å². The third kappa shape index (κ3) is 3.91. The molecule has 3 aliphatic heterocycles. The molecule has 1 aromatic carbocycles. The van der Waals surface area contributed by atoms with Crippen molar-refractivity contribution < 1.29 is 19.5 Å². The number of para-hydroxylation sites is 1. The third-order valence-electron chi connectivity index (χ3n) is 8.33. The molecule has 9 nitrogen and oxygen atoms in total. The highest BCUT2D eigenvalue weighted by atomic mass is 16.4. The Balaban J connectivity index is 1.17. The number of pyridine rings is 1. The minimum Gasteiger partial charge on any atom is -0.465 e. The smallest absolute Gasteiger partial charge is 0.407 e. The Kier molecular flexibility index (Phi) is 5.67. The molecule has 3 amide bonds. The van der Waals surface area contributed by atoms with Gasteiger partial charge in [-0.3, -0.25) is 14.9 Å². The van der Waals surface area contributed by atoms with Crippen molar-refractivity contribution in [3.8, 4) is 0 Å². The Bertz CT molecular complexity index is 1350. The van der Waals surface area contributed by atoms with E-state index >= 15 is 0 Å². The number of carbonyl (C=O) groups is 3. The fourth-order valence-corrected chi connectivity index (χ4v) is 6.47. The molecule has 0 radical (unpaired) electrons. The van der Waals surface area contributed by atoms with Gasteiger partial charge in [0.15, 0.2) is 0 Å². The molecule has 0 saturated carbocycles. The molecule has 1 spiro atoms. The largest absolute Gasteiger partial charge is 0.465 e. The zero-order valence-corrected chi connectivity index (χ0v) is 20.3. The van der Waals surface area contributed by atoms with Gasteiger partial charge in [-0.1, -0.05) is 18.2 Å². The highest BCUT2D eigenvalue weighted by molar-refractivity contribution is 6.10. The second kappa shape index (κ2) is 8.89. The van der Waals surface area contributed by atoms with E-state index in [0.717, 1.165) is 67.3 Å².